The van der Waals surface area contributed by atoms with Gasteiger partial charge in [0.25, 0.3) is 0 Å². The lowest BCUT2D eigenvalue weighted by Crippen LogP contribution is -2.10. The van der Waals surface area contributed by atoms with Crippen LogP contribution < -0.4 is 5.73 Å². The quantitative estimate of drug-likeness (QED) is 0.146. The van der Waals surface area contributed by atoms with E-state index in [-0.39, 0.29) is 5.84 Å². The minimum atomic E-state index is 0.288. The molecular weight excluding hydrogens is 212 g/mol. The molecule has 0 aromatic carbocycles. The van der Waals surface area contributed by atoms with Crippen molar-refractivity contribution in [1.82, 2.24) is 9.97 Å². The van der Waals surface area contributed by atoms with Crippen LogP contribution in [-0.4, -0.2) is 26.8 Å². The van der Waals surface area contributed by atoms with E-state index in [0.29, 0.717) is 6.42 Å². The average Bonchev–Trinajstić information content (AvgIpc) is 2.29. The number of thioether (sulfide) groups is 1. The monoisotopic (exact) mass is 226 g/mol. The first-order valence-electron chi connectivity index (χ1n) is 4.69. The molecule has 0 aliphatic carbocycles. The summed E-state index contributed by atoms with van der Waals surface area (Å²) < 4.78 is 0. The van der Waals surface area contributed by atoms with Crippen LogP contribution in [0.5, 0.6) is 0 Å². The van der Waals surface area contributed by atoms with E-state index in [1.807, 2.05) is 0 Å². The maximum absolute atomic E-state index is 8.31. The standard InChI is InChI=1S/C9H14N4OS/c10-8(13-14)4-1-2-7-15-9-11-5-3-6-12-9/h3,5-6,14H,1-2,4,7H2,(H2,10,13). The van der Waals surface area contributed by atoms with Gasteiger partial charge in [0.05, 0.1) is 0 Å². The molecule has 6 heteroatoms. The Kier molecular flexibility index (Phi) is 5.54. The van der Waals surface area contributed by atoms with Crippen molar-refractivity contribution in [2.24, 2.45) is 10.9 Å². The fraction of sp³-hybridized carbons (Fsp3) is 0.444. The van der Waals surface area contributed by atoms with Gasteiger partial charge in [-0.3, -0.25) is 0 Å². The molecule has 0 aliphatic heterocycles. The van der Waals surface area contributed by atoms with Crippen LogP contribution in [0.1, 0.15) is 19.3 Å². The van der Waals surface area contributed by atoms with Crippen molar-refractivity contribution in [1.29, 1.82) is 0 Å². The smallest absolute Gasteiger partial charge is 0.187 e. The first-order valence-corrected chi connectivity index (χ1v) is 5.67. The zero-order valence-electron chi connectivity index (χ0n) is 8.33. The van der Waals surface area contributed by atoms with E-state index in [4.69, 9.17) is 10.9 Å². The predicted octanol–water partition coefficient (Wildman–Crippen LogP) is 1.49. The van der Waals surface area contributed by atoms with Gasteiger partial charge < -0.3 is 10.9 Å². The Morgan fingerprint density at radius 1 is 1.40 bits per heavy atom. The zero-order valence-corrected chi connectivity index (χ0v) is 9.15. The van der Waals surface area contributed by atoms with Gasteiger partial charge in [-0.1, -0.05) is 16.9 Å². The number of nitrogens with two attached hydrogens (primary N) is 1. The van der Waals surface area contributed by atoms with Gasteiger partial charge in [0.15, 0.2) is 5.16 Å². The molecule has 0 unspecified atom stereocenters. The van der Waals surface area contributed by atoms with E-state index < -0.39 is 0 Å². The van der Waals surface area contributed by atoms with Crippen LogP contribution in [0.15, 0.2) is 28.8 Å². The average molecular weight is 226 g/mol. The second-order valence-corrected chi connectivity index (χ2v) is 3.99. The molecule has 0 spiro atoms. The highest BCUT2D eigenvalue weighted by Gasteiger charge is 1.97. The Morgan fingerprint density at radius 2 is 2.13 bits per heavy atom. The summed E-state index contributed by atoms with van der Waals surface area (Å²) in [6, 6.07) is 1.79. The second kappa shape index (κ2) is 7.05. The summed E-state index contributed by atoms with van der Waals surface area (Å²) in [7, 11) is 0. The summed E-state index contributed by atoms with van der Waals surface area (Å²) in [5.41, 5.74) is 5.33. The highest BCUT2D eigenvalue weighted by atomic mass is 32.2. The van der Waals surface area contributed by atoms with E-state index in [1.165, 1.54) is 0 Å². The van der Waals surface area contributed by atoms with Crippen LogP contribution in [-0.2, 0) is 0 Å². The lowest BCUT2D eigenvalue weighted by Gasteiger charge is -1.99. The molecule has 0 bridgehead atoms. The van der Waals surface area contributed by atoms with Crippen LogP contribution in [0.2, 0.25) is 0 Å². The van der Waals surface area contributed by atoms with Gasteiger partial charge in [-0.15, -0.1) is 0 Å². The lowest BCUT2D eigenvalue weighted by atomic mass is 10.2. The normalized spacial score (nSPS) is 11.6. The number of hydrogen-bond acceptors (Lipinski definition) is 5. The molecule has 0 saturated heterocycles. The first-order chi connectivity index (χ1) is 7.33. The van der Waals surface area contributed by atoms with Crippen molar-refractivity contribution < 1.29 is 5.21 Å². The number of amidine groups is 1. The Hall–Kier alpha value is -1.30. The highest BCUT2D eigenvalue weighted by Crippen LogP contribution is 2.13. The molecule has 0 atom stereocenters. The fourth-order valence-corrected chi connectivity index (χ4v) is 1.78. The summed E-state index contributed by atoms with van der Waals surface area (Å²) in [5, 5.41) is 12.0. The third-order valence-corrected chi connectivity index (χ3v) is 2.69. The Bertz CT molecular complexity index is 304. The number of aromatic nitrogens is 2. The van der Waals surface area contributed by atoms with Crippen LogP contribution in [0.3, 0.4) is 0 Å². The molecule has 15 heavy (non-hydrogen) atoms. The summed E-state index contributed by atoms with van der Waals surface area (Å²) in [5.74, 6) is 1.24. The topological polar surface area (TPSA) is 84.4 Å². The van der Waals surface area contributed by atoms with Gasteiger partial charge in [-0.25, -0.2) is 9.97 Å². The third kappa shape index (κ3) is 5.21. The minimum absolute atomic E-state index is 0.288. The van der Waals surface area contributed by atoms with Crippen molar-refractivity contribution in [3.63, 3.8) is 0 Å². The molecule has 0 fully saturated rings. The lowest BCUT2D eigenvalue weighted by molar-refractivity contribution is 0.316. The van der Waals surface area contributed by atoms with E-state index in [9.17, 15) is 0 Å². The zero-order chi connectivity index (χ0) is 10.9. The van der Waals surface area contributed by atoms with Gasteiger partial charge in [0.2, 0.25) is 0 Å². The van der Waals surface area contributed by atoms with Crippen LogP contribution in [0, 0.1) is 0 Å². The van der Waals surface area contributed by atoms with Crippen molar-refractivity contribution in [3.05, 3.63) is 18.5 Å². The summed E-state index contributed by atoms with van der Waals surface area (Å²) >= 11 is 1.61. The maximum atomic E-state index is 8.31. The van der Waals surface area contributed by atoms with Gasteiger partial charge in [-0.05, 0) is 18.9 Å². The van der Waals surface area contributed by atoms with Crippen LogP contribution in [0.25, 0.3) is 0 Å². The van der Waals surface area contributed by atoms with Crippen LogP contribution in [0.4, 0.5) is 0 Å². The summed E-state index contributed by atoms with van der Waals surface area (Å²) in [6.07, 6.45) is 6.00. The van der Waals surface area contributed by atoms with Crippen molar-refractivity contribution in [3.8, 4) is 0 Å². The van der Waals surface area contributed by atoms with Crippen LogP contribution >= 0.6 is 11.8 Å². The van der Waals surface area contributed by atoms with Gasteiger partial charge in [0, 0.05) is 24.6 Å². The maximum Gasteiger partial charge on any atom is 0.187 e. The van der Waals surface area contributed by atoms with Crippen molar-refractivity contribution in [2.75, 3.05) is 5.75 Å². The fourth-order valence-electron chi connectivity index (χ4n) is 0.982. The molecule has 1 aromatic heterocycles. The van der Waals surface area contributed by atoms with Gasteiger partial charge >= 0.3 is 0 Å². The molecular formula is C9H14N4OS. The molecule has 5 nitrogen and oxygen atoms in total. The molecule has 82 valence electrons. The van der Waals surface area contributed by atoms with E-state index in [1.54, 1.807) is 30.2 Å². The number of oxime groups is 1. The molecule has 1 aromatic rings. The Balaban J connectivity index is 2.08. The summed E-state index contributed by atoms with van der Waals surface area (Å²) in [4.78, 5) is 8.18. The van der Waals surface area contributed by atoms with Gasteiger partial charge in [0.1, 0.15) is 5.84 Å². The van der Waals surface area contributed by atoms with Gasteiger partial charge in [-0.2, -0.15) is 0 Å². The van der Waals surface area contributed by atoms with Crippen molar-refractivity contribution in [2.45, 2.75) is 24.4 Å². The molecule has 0 amide bonds. The molecule has 1 heterocycles. The molecule has 3 N–H and O–H groups in total. The number of nitrogens with zero attached hydrogens (tertiary/aromatic N) is 3. The second-order valence-electron chi connectivity index (χ2n) is 2.93. The number of hydrogen-bond donors (Lipinski definition) is 2. The third-order valence-electron chi connectivity index (χ3n) is 1.73. The Morgan fingerprint density at radius 3 is 2.80 bits per heavy atom. The highest BCUT2D eigenvalue weighted by molar-refractivity contribution is 7.99. The van der Waals surface area contributed by atoms with Crippen molar-refractivity contribution >= 4 is 17.6 Å². The first kappa shape index (κ1) is 11.8. The minimum Gasteiger partial charge on any atom is -0.409 e. The summed E-state index contributed by atoms with van der Waals surface area (Å²) in [6.45, 7) is 0. The largest absolute Gasteiger partial charge is 0.409 e. The number of rotatable bonds is 6. The SMILES string of the molecule is N/C(CCCCSc1ncccn1)=N/O. The van der Waals surface area contributed by atoms with E-state index in [0.717, 1.165) is 23.8 Å². The molecule has 0 radical (unpaired) electrons. The van der Waals surface area contributed by atoms with E-state index >= 15 is 0 Å². The molecule has 1 rings (SSSR count). The predicted molar refractivity (Wildman–Crippen MR) is 60.0 cm³/mol. The molecule has 0 aliphatic rings. The Labute approximate surface area is 92.8 Å². The number of unbranched alkanes of at least 4 members (excludes halogenated alkanes) is 1. The van der Waals surface area contributed by atoms with E-state index in [2.05, 4.69) is 15.1 Å². The molecule has 0 saturated carbocycles.